The molecule has 1 aliphatic rings. The van der Waals surface area contributed by atoms with Crippen LogP contribution in [0.5, 0.6) is 0 Å². The van der Waals surface area contributed by atoms with Crippen LogP contribution in [0, 0.1) is 5.82 Å². The molecule has 0 saturated carbocycles. The van der Waals surface area contributed by atoms with E-state index in [0.717, 1.165) is 5.56 Å². The first kappa shape index (κ1) is 27.4. The summed E-state index contributed by atoms with van der Waals surface area (Å²) < 4.78 is 13.3. The Morgan fingerprint density at radius 1 is 0.974 bits per heavy atom. The summed E-state index contributed by atoms with van der Waals surface area (Å²) in [6, 6.07) is 18.0. The molecule has 0 spiro atoms. The third kappa shape index (κ3) is 6.82. The zero-order chi connectivity index (χ0) is 27.2. The third-order valence-electron chi connectivity index (χ3n) is 6.36. The van der Waals surface area contributed by atoms with Crippen LogP contribution >= 0.6 is 23.2 Å². The number of rotatable bonds is 6. The van der Waals surface area contributed by atoms with Gasteiger partial charge in [0.25, 0.3) is 5.91 Å². The lowest BCUT2D eigenvalue weighted by Gasteiger charge is -2.41. The van der Waals surface area contributed by atoms with E-state index in [1.807, 2.05) is 37.3 Å². The van der Waals surface area contributed by atoms with Crippen molar-refractivity contribution in [3.8, 4) is 0 Å². The van der Waals surface area contributed by atoms with Crippen molar-refractivity contribution in [2.45, 2.75) is 25.4 Å². The van der Waals surface area contributed by atoms with Gasteiger partial charge in [-0.3, -0.25) is 9.59 Å². The highest BCUT2D eigenvalue weighted by Gasteiger charge is 2.33. The van der Waals surface area contributed by atoms with Crippen LogP contribution in [0.1, 0.15) is 22.8 Å². The second-order valence-corrected chi connectivity index (χ2v) is 9.92. The van der Waals surface area contributed by atoms with Gasteiger partial charge in [0, 0.05) is 43.3 Å². The van der Waals surface area contributed by atoms with E-state index in [1.165, 1.54) is 24.3 Å². The molecule has 2 N–H and O–H groups in total. The van der Waals surface area contributed by atoms with Gasteiger partial charge >= 0.3 is 6.03 Å². The molecule has 38 heavy (non-hydrogen) atoms. The predicted octanol–water partition coefficient (Wildman–Crippen LogP) is 5.24. The van der Waals surface area contributed by atoms with Gasteiger partial charge in [0.1, 0.15) is 11.9 Å². The molecule has 3 aromatic rings. The second-order valence-electron chi connectivity index (χ2n) is 9.11. The molecule has 7 nitrogen and oxygen atoms in total. The van der Waals surface area contributed by atoms with Crippen molar-refractivity contribution in [3.05, 3.63) is 99.8 Å². The molecule has 1 saturated heterocycles. The SMILES string of the molecule is CC1CN(C(=O)C(Cc2ccccc2)NC(=O)c2ccc(F)cc2)CCN1C(=O)Nc1ccc(Cl)c(Cl)c1. The summed E-state index contributed by atoms with van der Waals surface area (Å²) in [5.74, 6) is -1.17. The number of urea groups is 1. The summed E-state index contributed by atoms with van der Waals surface area (Å²) >= 11 is 12.0. The van der Waals surface area contributed by atoms with Crippen LogP contribution in [0.3, 0.4) is 0 Å². The number of benzene rings is 3. The molecule has 3 aromatic carbocycles. The first-order valence-corrected chi connectivity index (χ1v) is 12.9. The van der Waals surface area contributed by atoms with E-state index in [4.69, 9.17) is 23.2 Å². The maximum atomic E-state index is 13.6. The smallest absolute Gasteiger partial charge is 0.322 e. The Kier molecular flexibility index (Phi) is 8.86. The van der Waals surface area contributed by atoms with Gasteiger partial charge in [0.05, 0.1) is 10.0 Å². The van der Waals surface area contributed by atoms with Crippen LogP contribution in [0.4, 0.5) is 14.9 Å². The van der Waals surface area contributed by atoms with Crippen LogP contribution in [-0.4, -0.2) is 59.4 Å². The topological polar surface area (TPSA) is 81.8 Å². The van der Waals surface area contributed by atoms with Crippen LogP contribution in [-0.2, 0) is 11.2 Å². The van der Waals surface area contributed by atoms with E-state index in [-0.39, 0.29) is 23.5 Å². The largest absolute Gasteiger partial charge is 0.340 e. The summed E-state index contributed by atoms with van der Waals surface area (Å²) in [6.45, 7) is 2.77. The van der Waals surface area contributed by atoms with Crippen molar-refractivity contribution in [1.82, 2.24) is 15.1 Å². The Labute approximate surface area is 230 Å². The third-order valence-corrected chi connectivity index (χ3v) is 7.10. The summed E-state index contributed by atoms with van der Waals surface area (Å²) in [5.41, 5.74) is 1.66. The Balaban J connectivity index is 1.43. The Hall–Kier alpha value is -3.62. The van der Waals surface area contributed by atoms with E-state index in [9.17, 15) is 18.8 Å². The molecule has 1 aliphatic heterocycles. The molecule has 0 aliphatic carbocycles. The number of hydrogen-bond donors (Lipinski definition) is 2. The molecular weight excluding hydrogens is 530 g/mol. The van der Waals surface area contributed by atoms with Crippen LogP contribution in [0.15, 0.2) is 72.8 Å². The van der Waals surface area contributed by atoms with Gasteiger partial charge in [0.15, 0.2) is 0 Å². The van der Waals surface area contributed by atoms with Crippen LogP contribution < -0.4 is 10.6 Å². The lowest BCUT2D eigenvalue weighted by molar-refractivity contribution is -0.135. The summed E-state index contributed by atoms with van der Waals surface area (Å²) in [7, 11) is 0. The number of nitrogens with zero attached hydrogens (tertiary/aromatic N) is 2. The van der Waals surface area contributed by atoms with E-state index >= 15 is 0 Å². The molecule has 1 fully saturated rings. The fourth-order valence-corrected chi connectivity index (χ4v) is 4.64. The standard InChI is InChI=1S/C28H27Cl2FN4O3/c1-18-17-34(13-14-35(18)28(38)32-22-11-12-23(29)24(30)16-22)27(37)25(15-19-5-3-2-4-6-19)33-26(36)20-7-9-21(31)10-8-20/h2-12,16,18,25H,13-15,17H2,1H3,(H,32,38)(H,33,36). The molecule has 2 atom stereocenters. The monoisotopic (exact) mass is 556 g/mol. The number of amides is 4. The highest BCUT2D eigenvalue weighted by molar-refractivity contribution is 6.42. The van der Waals surface area contributed by atoms with Crippen molar-refractivity contribution in [2.24, 2.45) is 0 Å². The van der Waals surface area contributed by atoms with E-state index in [0.29, 0.717) is 41.8 Å². The van der Waals surface area contributed by atoms with Gasteiger partial charge in [-0.25, -0.2) is 9.18 Å². The van der Waals surface area contributed by atoms with Crippen molar-refractivity contribution >= 4 is 46.7 Å². The fraction of sp³-hybridized carbons (Fsp3) is 0.250. The summed E-state index contributed by atoms with van der Waals surface area (Å²) in [5, 5.41) is 6.36. The molecule has 0 bridgehead atoms. The Bertz CT molecular complexity index is 1310. The molecule has 2 unspecified atom stereocenters. The molecule has 10 heteroatoms. The number of halogens is 3. The molecular formula is C28H27Cl2FN4O3. The lowest BCUT2D eigenvalue weighted by Crippen LogP contribution is -2.60. The van der Waals surface area contributed by atoms with Crippen molar-refractivity contribution in [2.75, 3.05) is 25.0 Å². The van der Waals surface area contributed by atoms with Gasteiger partial charge < -0.3 is 20.4 Å². The van der Waals surface area contributed by atoms with Crippen molar-refractivity contribution < 1.29 is 18.8 Å². The Morgan fingerprint density at radius 2 is 1.68 bits per heavy atom. The zero-order valence-electron chi connectivity index (χ0n) is 20.7. The normalized spacial score (nSPS) is 16.1. The van der Waals surface area contributed by atoms with E-state index < -0.39 is 17.8 Å². The summed E-state index contributed by atoms with van der Waals surface area (Å²) in [6.07, 6.45) is 0.291. The number of nitrogens with one attached hydrogen (secondary N) is 2. The molecule has 198 valence electrons. The first-order valence-electron chi connectivity index (χ1n) is 12.1. The van der Waals surface area contributed by atoms with Crippen LogP contribution in [0.2, 0.25) is 10.0 Å². The van der Waals surface area contributed by atoms with E-state index in [1.54, 1.807) is 28.0 Å². The Morgan fingerprint density at radius 3 is 2.34 bits per heavy atom. The molecule has 1 heterocycles. The van der Waals surface area contributed by atoms with Crippen LogP contribution in [0.25, 0.3) is 0 Å². The van der Waals surface area contributed by atoms with Crippen molar-refractivity contribution in [3.63, 3.8) is 0 Å². The second kappa shape index (κ2) is 12.3. The molecule has 4 amide bonds. The number of carbonyl (C=O) groups is 3. The van der Waals surface area contributed by atoms with Gasteiger partial charge in [-0.05, 0) is 55.0 Å². The summed E-state index contributed by atoms with van der Waals surface area (Å²) in [4.78, 5) is 42.7. The van der Waals surface area contributed by atoms with Gasteiger partial charge in [-0.15, -0.1) is 0 Å². The number of anilines is 1. The minimum atomic E-state index is -0.835. The average Bonchev–Trinajstić information content (AvgIpc) is 2.90. The minimum absolute atomic E-state index is 0.249. The van der Waals surface area contributed by atoms with Gasteiger partial charge in [0.2, 0.25) is 5.91 Å². The maximum Gasteiger partial charge on any atom is 0.322 e. The molecule has 4 rings (SSSR count). The number of carbonyl (C=O) groups excluding carboxylic acids is 3. The molecule has 0 aromatic heterocycles. The first-order chi connectivity index (χ1) is 18.2. The quantitative estimate of drug-likeness (QED) is 0.435. The zero-order valence-corrected chi connectivity index (χ0v) is 22.2. The highest BCUT2D eigenvalue weighted by atomic mass is 35.5. The number of piperazine rings is 1. The van der Waals surface area contributed by atoms with Gasteiger partial charge in [-0.1, -0.05) is 53.5 Å². The predicted molar refractivity (Wildman–Crippen MR) is 146 cm³/mol. The number of hydrogen-bond acceptors (Lipinski definition) is 3. The molecule has 0 radical (unpaired) electrons. The van der Waals surface area contributed by atoms with Gasteiger partial charge in [-0.2, -0.15) is 0 Å². The fourth-order valence-electron chi connectivity index (χ4n) is 4.34. The van der Waals surface area contributed by atoms with E-state index in [2.05, 4.69) is 10.6 Å². The average molecular weight is 557 g/mol. The minimum Gasteiger partial charge on any atom is -0.340 e. The highest BCUT2D eigenvalue weighted by Crippen LogP contribution is 2.25. The lowest BCUT2D eigenvalue weighted by atomic mass is 10.0. The van der Waals surface area contributed by atoms with Crippen molar-refractivity contribution in [1.29, 1.82) is 0 Å². The maximum absolute atomic E-state index is 13.6.